The lowest BCUT2D eigenvalue weighted by molar-refractivity contribution is 0.403. The molecule has 0 heterocycles. The van der Waals surface area contributed by atoms with Crippen LogP contribution in [0.5, 0.6) is 0 Å². The maximum absolute atomic E-state index is 13.3. The third-order valence-corrected chi connectivity index (χ3v) is 1.86. The zero-order valence-corrected chi connectivity index (χ0v) is 8.39. The second-order valence-corrected chi connectivity index (χ2v) is 4.55. The molecule has 0 bridgehead atoms. The van der Waals surface area contributed by atoms with E-state index in [2.05, 4.69) is 20.8 Å². The topological polar surface area (TPSA) is 26.0 Å². The van der Waals surface area contributed by atoms with Crippen LogP contribution in [0.15, 0.2) is 18.2 Å². The highest BCUT2D eigenvalue weighted by molar-refractivity contribution is 5.47. The van der Waals surface area contributed by atoms with E-state index in [9.17, 15) is 4.39 Å². The number of benzene rings is 1. The summed E-state index contributed by atoms with van der Waals surface area (Å²) >= 11 is 0. The average Bonchev–Trinajstić information content (AvgIpc) is 1.95. The molecule has 0 aromatic heterocycles. The van der Waals surface area contributed by atoms with Gasteiger partial charge in [-0.05, 0) is 24.0 Å². The lowest BCUT2D eigenvalue weighted by Crippen LogP contribution is -2.12. The molecule has 0 atom stereocenters. The van der Waals surface area contributed by atoms with E-state index < -0.39 is 0 Å². The number of rotatable bonds is 1. The van der Waals surface area contributed by atoms with E-state index in [1.165, 1.54) is 6.07 Å². The molecule has 13 heavy (non-hydrogen) atoms. The van der Waals surface area contributed by atoms with Gasteiger partial charge >= 0.3 is 0 Å². The molecule has 0 saturated heterocycles. The fourth-order valence-corrected chi connectivity index (χ4v) is 1.29. The normalized spacial score (nSPS) is 11.7. The number of anilines is 1. The van der Waals surface area contributed by atoms with Crippen molar-refractivity contribution in [1.82, 2.24) is 0 Å². The molecule has 2 heteroatoms. The highest BCUT2D eigenvalue weighted by Crippen LogP contribution is 2.26. The number of hydrogen-bond donors (Lipinski definition) is 1. The Morgan fingerprint density at radius 3 is 2.38 bits per heavy atom. The van der Waals surface area contributed by atoms with Gasteiger partial charge < -0.3 is 5.73 Å². The van der Waals surface area contributed by atoms with E-state index in [0.717, 1.165) is 0 Å². The van der Waals surface area contributed by atoms with Crippen LogP contribution in [0.3, 0.4) is 0 Å². The third kappa shape index (κ3) is 2.72. The highest BCUT2D eigenvalue weighted by Gasteiger charge is 2.15. The zero-order chi connectivity index (χ0) is 10.1. The fraction of sp³-hybridized carbons (Fsp3) is 0.455. The van der Waals surface area contributed by atoms with Gasteiger partial charge in [-0.15, -0.1) is 0 Å². The van der Waals surface area contributed by atoms with Crippen molar-refractivity contribution in [3.63, 3.8) is 0 Å². The molecule has 72 valence electrons. The van der Waals surface area contributed by atoms with Crippen molar-refractivity contribution in [3.05, 3.63) is 29.6 Å². The minimum Gasteiger partial charge on any atom is -0.398 e. The Labute approximate surface area is 78.8 Å². The molecule has 0 radical (unpaired) electrons. The van der Waals surface area contributed by atoms with Crippen molar-refractivity contribution in [3.8, 4) is 0 Å². The number of halogens is 1. The van der Waals surface area contributed by atoms with Crippen LogP contribution in [0.25, 0.3) is 0 Å². The molecule has 1 rings (SSSR count). The van der Waals surface area contributed by atoms with E-state index in [1.54, 1.807) is 12.1 Å². The Hall–Kier alpha value is -1.05. The second-order valence-electron chi connectivity index (χ2n) is 4.55. The second kappa shape index (κ2) is 3.36. The maximum atomic E-state index is 13.3. The summed E-state index contributed by atoms with van der Waals surface area (Å²) in [4.78, 5) is 0. The van der Waals surface area contributed by atoms with E-state index in [0.29, 0.717) is 17.7 Å². The molecule has 0 saturated carbocycles. The van der Waals surface area contributed by atoms with Gasteiger partial charge in [0.15, 0.2) is 0 Å². The zero-order valence-electron chi connectivity index (χ0n) is 8.39. The van der Waals surface area contributed by atoms with Crippen LogP contribution < -0.4 is 5.73 Å². The summed E-state index contributed by atoms with van der Waals surface area (Å²) in [5, 5.41) is 0. The van der Waals surface area contributed by atoms with Crippen LogP contribution in [0, 0.1) is 11.2 Å². The summed E-state index contributed by atoms with van der Waals surface area (Å²) in [5.74, 6) is -0.199. The Balaban J connectivity index is 3.00. The molecule has 0 unspecified atom stereocenters. The first kappa shape index (κ1) is 10.0. The van der Waals surface area contributed by atoms with E-state index >= 15 is 0 Å². The summed E-state index contributed by atoms with van der Waals surface area (Å²) in [7, 11) is 0. The van der Waals surface area contributed by atoms with Gasteiger partial charge in [0.1, 0.15) is 5.82 Å². The number of nitrogens with two attached hydrogens (primary N) is 1. The van der Waals surface area contributed by atoms with E-state index in [-0.39, 0.29) is 11.2 Å². The molecule has 0 fully saturated rings. The predicted octanol–water partition coefficient (Wildman–Crippen LogP) is 3.00. The van der Waals surface area contributed by atoms with Crippen molar-refractivity contribution in [2.45, 2.75) is 27.2 Å². The molecule has 0 aliphatic rings. The van der Waals surface area contributed by atoms with Gasteiger partial charge in [-0.3, -0.25) is 0 Å². The van der Waals surface area contributed by atoms with Crippen molar-refractivity contribution < 1.29 is 4.39 Å². The molecule has 1 aromatic carbocycles. The summed E-state index contributed by atoms with van der Waals surface area (Å²) in [6.07, 6.45) is 0.672. The standard InChI is InChI=1S/C11H16FN/c1-11(2,3)7-8-9(12)5-4-6-10(8)13/h4-6H,7,13H2,1-3H3. The Kier molecular flexibility index (Phi) is 2.60. The third-order valence-electron chi connectivity index (χ3n) is 1.86. The SMILES string of the molecule is CC(C)(C)Cc1c(N)cccc1F. The minimum absolute atomic E-state index is 0.0658. The Morgan fingerprint density at radius 1 is 1.31 bits per heavy atom. The van der Waals surface area contributed by atoms with Crippen LogP contribution in [0.1, 0.15) is 26.3 Å². The first-order valence-corrected chi connectivity index (χ1v) is 4.43. The predicted molar refractivity (Wildman–Crippen MR) is 54.0 cm³/mol. The lowest BCUT2D eigenvalue weighted by Gasteiger charge is -2.19. The van der Waals surface area contributed by atoms with Crippen LogP contribution in [-0.4, -0.2) is 0 Å². The first-order valence-electron chi connectivity index (χ1n) is 4.43. The van der Waals surface area contributed by atoms with Gasteiger partial charge in [-0.1, -0.05) is 26.8 Å². The van der Waals surface area contributed by atoms with Gasteiger partial charge in [0, 0.05) is 11.3 Å². The summed E-state index contributed by atoms with van der Waals surface area (Å²) in [6, 6.07) is 4.83. The smallest absolute Gasteiger partial charge is 0.128 e. The van der Waals surface area contributed by atoms with E-state index in [4.69, 9.17) is 5.73 Å². The van der Waals surface area contributed by atoms with Crippen LogP contribution in [0.2, 0.25) is 0 Å². The lowest BCUT2D eigenvalue weighted by atomic mass is 9.87. The number of hydrogen-bond acceptors (Lipinski definition) is 1. The molecule has 1 aromatic rings. The molecular formula is C11H16FN. The van der Waals surface area contributed by atoms with Crippen molar-refractivity contribution in [2.24, 2.45) is 5.41 Å². The molecule has 0 aliphatic heterocycles. The van der Waals surface area contributed by atoms with Crippen LogP contribution in [0.4, 0.5) is 10.1 Å². The van der Waals surface area contributed by atoms with Crippen LogP contribution in [-0.2, 0) is 6.42 Å². The fourth-order valence-electron chi connectivity index (χ4n) is 1.29. The summed E-state index contributed by atoms with van der Waals surface area (Å²) in [5.41, 5.74) is 6.94. The van der Waals surface area contributed by atoms with Gasteiger partial charge in [0.2, 0.25) is 0 Å². The van der Waals surface area contributed by atoms with Crippen molar-refractivity contribution in [2.75, 3.05) is 5.73 Å². The van der Waals surface area contributed by atoms with Crippen molar-refractivity contribution in [1.29, 1.82) is 0 Å². The van der Waals surface area contributed by atoms with Gasteiger partial charge in [-0.25, -0.2) is 4.39 Å². The molecule has 2 N–H and O–H groups in total. The molecule has 0 spiro atoms. The monoisotopic (exact) mass is 181 g/mol. The average molecular weight is 181 g/mol. The molecule has 1 nitrogen and oxygen atoms in total. The van der Waals surface area contributed by atoms with Crippen LogP contribution >= 0.6 is 0 Å². The maximum Gasteiger partial charge on any atom is 0.128 e. The molecule has 0 aliphatic carbocycles. The summed E-state index contributed by atoms with van der Waals surface area (Å²) in [6.45, 7) is 6.20. The van der Waals surface area contributed by atoms with E-state index in [1.807, 2.05) is 0 Å². The largest absolute Gasteiger partial charge is 0.398 e. The first-order chi connectivity index (χ1) is 5.90. The van der Waals surface area contributed by atoms with Gasteiger partial charge in [-0.2, -0.15) is 0 Å². The molecular weight excluding hydrogens is 165 g/mol. The highest BCUT2D eigenvalue weighted by atomic mass is 19.1. The van der Waals surface area contributed by atoms with Crippen molar-refractivity contribution >= 4 is 5.69 Å². The summed E-state index contributed by atoms with van der Waals surface area (Å²) < 4.78 is 13.3. The number of nitrogen functional groups attached to an aromatic ring is 1. The van der Waals surface area contributed by atoms with Gasteiger partial charge in [0.25, 0.3) is 0 Å². The minimum atomic E-state index is -0.199. The Morgan fingerprint density at radius 2 is 1.92 bits per heavy atom. The molecule has 0 amide bonds. The Bertz CT molecular complexity index is 279. The van der Waals surface area contributed by atoms with Gasteiger partial charge in [0.05, 0.1) is 0 Å². The quantitative estimate of drug-likeness (QED) is 0.662.